The highest BCUT2D eigenvalue weighted by Gasteiger charge is 2.17. The fourth-order valence-corrected chi connectivity index (χ4v) is 3.56. The third kappa shape index (κ3) is 4.79. The van der Waals surface area contributed by atoms with E-state index in [4.69, 9.17) is 5.26 Å². The first-order valence-corrected chi connectivity index (χ1v) is 10.4. The van der Waals surface area contributed by atoms with Crippen molar-refractivity contribution in [2.45, 2.75) is 13.3 Å². The molecule has 1 aromatic heterocycles. The van der Waals surface area contributed by atoms with Gasteiger partial charge in [-0.1, -0.05) is 42.0 Å². The molecule has 0 unspecified atom stereocenters. The molecule has 168 valence electrons. The summed E-state index contributed by atoms with van der Waals surface area (Å²) in [5.41, 5.74) is 3.35. The number of carbonyl (C=O) groups is 3. The Morgan fingerprint density at radius 3 is 2.44 bits per heavy atom. The lowest BCUT2D eigenvalue weighted by Crippen LogP contribution is -2.16. The smallest absolute Gasteiger partial charge is 0.337 e. The fourth-order valence-electron chi connectivity index (χ4n) is 3.56. The van der Waals surface area contributed by atoms with Gasteiger partial charge in [0.2, 0.25) is 5.91 Å². The van der Waals surface area contributed by atoms with Crippen molar-refractivity contribution in [3.05, 3.63) is 94.7 Å². The van der Waals surface area contributed by atoms with Gasteiger partial charge in [-0.05, 0) is 42.8 Å². The van der Waals surface area contributed by atoms with E-state index >= 15 is 0 Å². The summed E-state index contributed by atoms with van der Waals surface area (Å²) in [5, 5.41) is 24.6. The molecule has 34 heavy (non-hydrogen) atoms. The molecular formula is C26H20N4O4. The van der Waals surface area contributed by atoms with E-state index in [1.54, 1.807) is 24.3 Å². The minimum atomic E-state index is -1.26. The van der Waals surface area contributed by atoms with Crippen LogP contribution in [0.15, 0.2) is 66.7 Å². The van der Waals surface area contributed by atoms with Crippen molar-refractivity contribution in [2.75, 3.05) is 10.6 Å². The Morgan fingerprint density at radius 1 is 0.971 bits per heavy atom. The molecule has 0 saturated carbocycles. The van der Waals surface area contributed by atoms with Crippen LogP contribution in [-0.4, -0.2) is 27.9 Å². The van der Waals surface area contributed by atoms with Crippen molar-refractivity contribution in [2.24, 2.45) is 0 Å². The number of hydrogen-bond acceptors (Lipinski definition) is 4. The third-order valence-corrected chi connectivity index (χ3v) is 5.29. The van der Waals surface area contributed by atoms with Crippen molar-refractivity contribution in [1.82, 2.24) is 4.98 Å². The minimum absolute atomic E-state index is 0.0711. The summed E-state index contributed by atoms with van der Waals surface area (Å²) in [4.78, 5) is 39.9. The van der Waals surface area contributed by atoms with Crippen molar-refractivity contribution in [1.29, 1.82) is 5.26 Å². The molecule has 0 aliphatic carbocycles. The summed E-state index contributed by atoms with van der Waals surface area (Å²) >= 11 is 0. The molecular weight excluding hydrogens is 432 g/mol. The van der Waals surface area contributed by atoms with Crippen molar-refractivity contribution in [3.8, 4) is 6.07 Å². The van der Waals surface area contributed by atoms with Crippen LogP contribution in [0.25, 0.3) is 10.9 Å². The van der Waals surface area contributed by atoms with Crippen LogP contribution >= 0.6 is 0 Å². The van der Waals surface area contributed by atoms with Crippen LogP contribution in [-0.2, 0) is 11.2 Å². The number of nitriles is 1. The number of nitrogens with zero attached hydrogens (tertiary/aromatic N) is 1. The summed E-state index contributed by atoms with van der Waals surface area (Å²) in [6.45, 7) is 1.98. The largest absolute Gasteiger partial charge is 0.478 e. The number of carboxylic acids is 1. The predicted molar refractivity (Wildman–Crippen MR) is 128 cm³/mol. The molecule has 4 rings (SSSR count). The van der Waals surface area contributed by atoms with E-state index in [0.29, 0.717) is 16.6 Å². The Bertz CT molecular complexity index is 1460. The number of carboxylic acid groups (broad SMARTS) is 1. The summed E-state index contributed by atoms with van der Waals surface area (Å²) < 4.78 is 0. The average molecular weight is 452 g/mol. The number of H-pyrrole nitrogens is 1. The highest BCUT2D eigenvalue weighted by atomic mass is 16.4. The summed E-state index contributed by atoms with van der Waals surface area (Å²) in [5.74, 6) is -2.01. The molecule has 4 N–H and O–H groups in total. The molecule has 3 aromatic carbocycles. The number of benzene rings is 3. The van der Waals surface area contributed by atoms with Gasteiger partial charge in [-0.2, -0.15) is 5.26 Å². The number of rotatable bonds is 6. The molecule has 8 nitrogen and oxygen atoms in total. The first-order valence-electron chi connectivity index (χ1n) is 10.4. The first-order chi connectivity index (χ1) is 16.3. The molecule has 0 fully saturated rings. The van der Waals surface area contributed by atoms with Crippen LogP contribution in [0.2, 0.25) is 0 Å². The zero-order valence-corrected chi connectivity index (χ0v) is 18.2. The zero-order valence-electron chi connectivity index (χ0n) is 18.2. The number of aromatic nitrogens is 1. The van der Waals surface area contributed by atoms with E-state index < -0.39 is 11.9 Å². The molecule has 0 radical (unpaired) electrons. The number of hydrogen-bond donors (Lipinski definition) is 4. The Kier molecular flexibility index (Phi) is 6.10. The van der Waals surface area contributed by atoms with Crippen molar-refractivity contribution in [3.63, 3.8) is 0 Å². The van der Waals surface area contributed by atoms with Crippen LogP contribution in [0.4, 0.5) is 11.4 Å². The van der Waals surface area contributed by atoms with Gasteiger partial charge in [0.25, 0.3) is 5.91 Å². The van der Waals surface area contributed by atoms with Gasteiger partial charge >= 0.3 is 5.97 Å². The number of carbonyl (C=O) groups excluding carboxylic acids is 2. The second kappa shape index (κ2) is 9.30. The normalized spacial score (nSPS) is 10.5. The van der Waals surface area contributed by atoms with Crippen LogP contribution in [0.5, 0.6) is 0 Å². The van der Waals surface area contributed by atoms with Crippen LogP contribution in [0.3, 0.4) is 0 Å². The minimum Gasteiger partial charge on any atom is -0.478 e. The lowest BCUT2D eigenvalue weighted by atomic mass is 10.1. The van der Waals surface area contributed by atoms with Gasteiger partial charge < -0.3 is 20.7 Å². The van der Waals surface area contributed by atoms with Gasteiger partial charge in [-0.25, -0.2) is 4.79 Å². The van der Waals surface area contributed by atoms with E-state index in [0.717, 1.165) is 11.1 Å². The van der Waals surface area contributed by atoms with Crippen molar-refractivity contribution >= 4 is 40.1 Å². The molecule has 0 aliphatic rings. The van der Waals surface area contributed by atoms with E-state index in [9.17, 15) is 19.5 Å². The molecule has 0 bridgehead atoms. The van der Waals surface area contributed by atoms with Gasteiger partial charge in [0.15, 0.2) is 0 Å². The highest BCUT2D eigenvalue weighted by molar-refractivity contribution is 6.10. The van der Waals surface area contributed by atoms with Crippen LogP contribution < -0.4 is 10.6 Å². The van der Waals surface area contributed by atoms with Crippen LogP contribution in [0, 0.1) is 18.3 Å². The number of anilines is 2. The maximum Gasteiger partial charge on any atom is 0.337 e. The number of nitrogens with one attached hydrogen (secondary N) is 3. The van der Waals surface area contributed by atoms with Crippen molar-refractivity contribution < 1.29 is 19.5 Å². The number of para-hydroxylation sites is 1. The van der Waals surface area contributed by atoms with E-state index in [2.05, 4.69) is 15.6 Å². The lowest BCUT2D eigenvalue weighted by molar-refractivity contribution is -0.115. The lowest BCUT2D eigenvalue weighted by Gasteiger charge is -2.08. The number of amides is 2. The summed E-state index contributed by atoms with van der Waals surface area (Å²) in [6, 6.07) is 20.5. The molecule has 8 heteroatoms. The molecule has 0 saturated heterocycles. The monoisotopic (exact) mass is 452 g/mol. The van der Waals surface area contributed by atoms with E-state index in [1.165, 1.54) is 18.2 Å². The number of aromatic amines is 1. The van der Waals surface area contributed by atoms with Gasteiger partial charge in [-0.15, -0.1) is 0 Å². The Morgan fingerprint density at radius 2 is 1.74 bits per heavy atom. The topological polar surface area (TPSA) is 135 Å². The molecule has 2 amide bonds. The third-order valence-electron chi connectivity index (χ3n) is 5.29. The van der Waals surface area contributed by atoms with Gasteiger partial charge in [0.1, 0.15) is 5.69 Å². The number of fused-ring (bicyclic) bond motifs is 1. The van der Waals surface area contributed by atoms with E-state index in [1.807, 2.05) is 37.3 Å². The molecule has 0 atom stereocenters. The quantitative estimate of drug-likeness (QED) is 0.342. The number of aryl methyl sites for hydroxylation is 1. The van der Waals surface area contributed by atoms with Gasteiger partial charge in [0, 0.05) is 5.39 Å². The van der Waals surface area contributed by atoms with Crippen LogP contribution in [0.1, 0.15) is 37.5 Å². The maximum absolute atomic E-state index is 12.8. The molecule has 0 aliphatic heterocycles. The second-order valence-electron chi connectivity index (χ2n) is 7.79. The Balaban J connectivity index is 1.55. The SMILES string of the molecule is Cc1ccc(CC(=O)Nc2cccc3cc(C(=O)Nc4ccc(C#N)cc4C(=O)O)[nH]c23)cc1. The number of aromatic carboxylic acids is 1. The summed E-state index contributed by atoms with van der Waals surface area (Å²) in [6.07, 6.45) is 0.210. The average Bonchev–Trinajstić information content (AvgIpc) is 3.26. The Labute approximate surface area is 194 Å². The highest BCUT2D eigenvalue weighted by Crippen LogP contribution is 2.25. The van der Waals surface area contributed by atoms with Gasteiger partial charge in [-0.3, -0.25) is 9.59 Å². The summed E-state index contributed by atoms with van der Waals surface area (Å²) in [7, 11) is 0. The first kappa shape index (κ1) is 22.3. The molecule has 4 aromatic rings. The zero-order chi connectivity index (χ0) is 24.2. The standard InChI is InChI=1S/C26H20N4O4/c1-15-5-7-16(8-6-15)12-23(31)28-21-4-2-3-18-13-22(29-24(18)21)25(32)30-20-10-9-17(14-27)11-19(20)26(33)34/h2-11,13,29H,12H2,1H3,(H,28,31)(H,30,32)(H,33,34). The Hall–Kier alpha value is -4.90. The molecule has 1 heterocycles. The fraction of sp³-hybridized carbons (Fsp3) is 0.0769. The maximum atomic E-state index is 12.8. The molecule has 0 spiro atoms. The predicted octanol–water partition coefficient (Wildman–Crippen LogP) is 4.48. The van der Waals surface area contributed by atoms with Gasteiger partial charge in [0.05, 0.1) is 40.5 Å². The second-order valence-corrected chi connectivity index (χ2v) is 7.79. The van der Waals surface area contributed by atoms with E-state index in [-0.39, 0.29) is 34.8 Å².